The Morgan fingerprint density at radius 2 is 1.67 bits per heavy atom. The summed E-state index contributed by atoms with van der Waals surface area (Å²) in [6.45, 7) is 8.31. The van der Waals surface area contributed by atoms with Crippen molar-refractivity contribution in [2.24, 2.45) is 0 Å². The van der Waals surface area contributed by atoms with Gasteiger partial charge in [0.05, 0.1) is 6.42 Å². The molecule has 0 radical (unpaired) electrons. The van der Waals surface area contributed by atoms with Gasteiger partial charge in [-0.3, -0.25) is 14.5 Å². The van der Waals surface area contributed by atoms with E-state index in [1.54, 1.807) is 4.90 Å². The molecule has 1 unspecified atom stereocenters. The highest BCUT2D eigenvalue weighted by Gasteiger charge is 2.34. The Hall–Kier alpha value is -2.31. The third-order valence-electron chi connectivity index (χ3n) is 3.76. The molecule has 134 valence electrons. The van der Waals surface area contributed by atoms with Gasteiger partial charge < -0.3 is 14.4 Å². The molecule has 0 bridgehead atoms. The Balaban J connectivity index is 2.81. The van der Waals surface area contributed by atoms with Crippen LogP contribution in [0.1, 0.15) is 25.7 Å². The maximum atomic E-state index is 12.8. The second-order valence-corrected chi connectivity index (χ2v) is 5.55. The zero-order valence-corrected chi connectivity index (χ0v) is 14.2. The highest BCUT2D eigenvalue weighted by molar-refractivity contribution is 5.89. The zero-order chi connectivity index (χ0) is 17.9. The summed E-state index contributed by atoms with van der Waals surface area (Å²) >= 11 is 0. The van der Waals surface area contributed by atoms with Crippen LogP contribution in [0.4, 0.5) is 4.79 Å². The maximum Gasteiger partial charge on any atom is 0.410 e. The summed E-state index contributed by atoms with van der Waals surface area (Å²) in [4.78, 5) is 39.5. The molecule has 1 rings (SSSR count). The molecule has 1 fully saturated rings. The van der Waals surface area contributed by atoms with Crippen LogP contribution >= 0.6 is 0 Å². The molecule has 1 atom stereocenters. The minimum atomic E-state index is -0.947. The molecular formula is C17H26N2O5. The number of likely N-dealkylation sites (N-methyl/N-ethyl adjacent to an activating group) is 1. The van der Waals surface area contributed by atoms with Gasteiger partial charge in [-0.1, -0.05) is 25.3 Å². The van der Waals surface area contributed by atoms with Crippen LogP contribution < -0.4 is 0 Å². The monoisotopic (exact) mass is 338 g/mol. The number of carbonyl (C=O) groups is 3. The van der Waals surface area contributed by atoms with Crippen LogP contribution in [0.15, 0.2) is 25.3 Å². The van der Waals surface area contributed by atoms with Crippen molar-refractivity contribution < 1.29 is 23.9 Å². The number of rotatable bonds is 8. The largest absolute Gasteiger partial charge is 0.461 e. The summed E-state index contributed by atoms with van der Waals surface area (Å²) in [6.07, 6.45) is 4.90. The van der Waals surface area contributed by atoms with Gasteiger partial charge in [0.1, 0.15) is 19.3 Å². The summed E-state index contributed by atoms with van der Waals surface area (Å²) in [5.74, 6) is -0.822. The van der Waals surface area contributed by atoms with Crippen LogP contribution in [0, 0.1) is 0 Å². The van der Waals surface area contributed by atoms with E-state index >= 15 is 0 Å². The van der Waals surface area contributed by atoms with Crippen molar-refractivity contribution in [3.63, 3.8) is 0 Å². The first kappa shape index (κ1) is 19.7. The maximum absolute atomic E-state index is 12.8. The predicted molar refractivity (Wildman–Crippen MR) is 89.3 cm³/mol. The first-order chi connectivity index (χ1) is 11.5. The van der Waals surface area contributed by atoms with E-state index in [0.717, 1.165) is 24.2 Å². The molecule has 1 aliphatic rings. The van der Waals surface area contributed by atoms with Crippen molar-refractivity contribution in [3.05, 3.63) is 25.3 Å². The molecule has 0 N–H and O–H groups in total. The van der Waals surface area contributed by atoms with Crippen LogP contribution in [0.25, 0.3) is 0 Å². The summed E-state index contributed by atoms with van der Waals surface area (Å²) < 4.78 is 9.91. The van der Waals surface area contributed by atoms with Gasteiger partial charge in [-0.25, -0.2) is 4.79 Å². The zero-order valence-electron chi connectivity index (χ0n) is 14.2. The number of esters is 1. The molecule has 7 heteroatoms. The lowest BCUT2D eigenvalue weighted by atomic mass is 10.1. The van der Waals surface area contributed by atoms with E-state index in [1.165, 1.54) is 19.2 Å². The van der Waals surface area contributed by atoms with Crippen molar-refractivity contribution in [2.45, 2.75) is 31.7 Å². The van der Waals surface area contributed by atoms with E-state index in [2.05, 4.69) is 13.2 Å². The van der Waals surface area contributed by atoms with Crippen LogP contribution in [0.3, 0.4) is 0 Å². The van der Waals surface area contributed by atoms with Gasteiger partial charge in [0.2, 0.25) is 5.91 Å². The minimum absolute atomic E-state index is 0.0364. The Bertz CT molecular complexity index is 472. The molecule has 0 aromatic carbocycles. The van der Waals surface area contributed by atoms with Gasteiger partial charge in [0, 0.05) is 20.1 Å². The summed E-state index contributed by atoms with van der Waals surface area (Å²) in [6, 6.07) is -0.947. The lowest BCUT2D eigenvalue weighted by Crippen LogP contribution is -2.51. The Morgan fingerprint density at radius 3 is 2.25 bits per heavy atom. The number of piperidine rings is 1. The van der Waals surface area contributed by atoms with Gasteiger partial charge in [0.25, 0.3) is 0 Å². The fourth-order valence-electron chi connectivity index (χ4n) is 2.44. The second-order valence-electron chi connectivity index (χ2n) is 5.55. The fourth-order valence-corrected chi connectivity index (χ4v) is 2.44. The number of nitrogens with zero attached hydrogens (tertiary/aromatic N) is 2. The molecule has 0 aromatic rings. The lowest BCUT2D eigenvalue weighted by molar-refractivity contribution is -0.148. The fraction of sp³-hybridized carbons (Fsp3) is 0.588. The predicted octanol–water partition coefficient (Wildman–Crippen LogP) is 1.74. The lowest BCUT2D eigenvalue weighted by Gasteiger charge is -2.33. The van der Waals surface area contributed by atoms with E-state index < -0.39 is 18.1 Å². The molecule has 1 heterocycles. The van der Waals surface area contributed by atoms with Crippen molar-refractivity contribution >= 4 is 18.0 Å². The quantitative estimate of drug-likeness (QED) is 0.498. The first-order valence-electron chi connectivity index (χ1n) is 8.07. The van der Waals surface area contributed by atoms with E-state index in [-0.39, 0.29) is 25.5 Å². The van der Waals surface area contributed by atoms with Crippen molar-refractivity contribution in [1.29, 1.82) is 0 Å². The van der Waals surface area contributed by atoms with Crippen molar-refractivity contribution in [3.8, 4) is 0 Å². The molecule has 0 saturated carbocycles. The average Bonchev–Trinajstić information content (AvgIpc) is 2.61. The number of likely N-dealkylation sites (tertiary alicyclic amines) is 1. The number of hydrogen-bond donors (Lipinski definition) is 0. The van der Waals surface area contributed by atoms with E-state index in [9.17, 15) is 14.4 Å². The summed E-state index contributed by atoms with van der Waals surface area (Å²) in [5, 5.41) is 0. The molecule has 2 amide bonds. The van der Waals surface area contributed by atoms with Crippen LogP contribution in [0.2, 0.25) is 0 Å². The molecule has 24 heavy (non-hydrogen) atoms. The standard InChI is InChI=1S/C17H26N2O5/c1-4-11-23-15(20)13-14(18(3)17(22)24-12-5-2)16(21)19-9-7-6-8-10-19/h4-5,14H,1-2,6-13H2,3H3. The highest BCUT2D eigenvalue weighted by Crippen LogP contribution is 2.15. The summed E-state index contributed by atoms with van der Waals surface area (Å²) in [5.41, 5.74) is 0. The molecular weight excluding hydrogens is 312 g/mol. The molecule has 1 saturated heterocycles. The van der Waals surface area contributed by atoms with Gasteiger partial charge in [-0.2, -0.15) is 0 Å². The Kier molecular flexibility index (Phi) is 8.60. The van der Waals surface area contributed by atoms with Crippen LogP contribution in [-0.4, -0.2) is 67.2 Å². The number of hydrogen-bond acceptors (Lipinski definition) is 5. The van der Waals surface area contributed by atoms with Gasteiger partial charge >= 0.3 is 12.1 Å². The van der Waals surface area contributed by atoms with Gasteiger partial charge in [-0.15, -0.1) is 0 Å². The van der Waals surface area contributed by atoms with Crippen molar-refractivity contribution in [2.75, 3.05) is 33.4 Å². The smallest absolute Gasteiger partial charge is 0.410 e. The second kappa shape index (κ2) is 10.5. The van der Waals surface area contributed by atoms with E-state index in [4.69, 9.17) is 9.47 Å². The average molecular weight is 338 g/mol. The van der Waals surface area contributed by atoms with E-state index in [1.807, 2.05) is 0 Å². The SMILES string of the molecule is C=CCOC(=O)CC(C(=O)N1CCCCC1)N(C)C(=O)OCC=C. The minimum Gasteiger partial charge on any atom is -0.461 e. The van der Waals surface area contributed by atoms with Crippen LogP contribution in [-0.2, 0) is 19.1 Å². The Morgan fingerprint density at radius 1 is 1.08 bits per heavy atom. The highest BCUT2D eigenvalue weighted by atomic mass is 16.6. The molecule has 7 nitrogen and oxygen atoms in total. The summed E-state index contributed by atoms with van der Waals surface area (Å²) in [7, 11) is 1.44. The Labute approximate surface area is 142 Å². The number of amides is 2. The third kappa shape index (κ3) is 6.06. The first-order valence-corrected chi connectivity index (χ1v) is 8.07. The van der Waals surface area contributed by atoms with E-state index in [0.29, 0.717) is 13.1 Å². The number of ether oxygens (including phenoxy) is 2. The molecule has 0 aromatic heterocycles. The molecule has 1 aliphatic heterocycles. The van der Waals surface area contributed by atoms with Gasteiger partial charge in [-0.05, 0) is 19.3 Å². The topological polar surface area (TPSA) is 76.2 Å². The molecule has 0 spiro atoms. The van der Waals surface area contributed by atoms with Crippen molar-refractivity contribution in [1.82, 2.24) is 9.80 Å². The van der Waals surface area contributed by atoms with Gasteiger partial charge in [0.15, 0.2) is 0 Å². The molecule has 0 aliphatic carbocycles. The third-order valence-corrected chi connectivity index (χ3v) is 3.76. The number of carbonyl (C=O) groups excluding carboxylic acids is 3. The van der Waals surface area contributed by atoms with Crippen LogP contribution in [0.5, 0.6) is 0 Å². The normalized spacial score (nSPS) is 15.1.